The van der Waals surface area contributed by atoms with E-state index in [1.165, 1.54) is 0 Å². The molecular weight excluding hydrogens is 385 g/mol. The SMILES string of the molecule is O=C=NCCC(F)(F)C(F)(F)C(F)(F)C(F)(F)C(F)(F)C(F)(F)F. The molecule has 0 saturated heterocycles. The second-order valence-corrected chi connectivity index (χ2v) is 4.22. The smallest absolute Gasteiger partial charge is 0.211 e. The maximum Gasteiger partial charge on any atom is 0.460 e. The minimum Gasteiger partial charge on any atom is -0.211 e. The lowest BCUT2D eigenvalue weighted by Crippen LogP contribution is -2.70. The molecule has 0 bridgehead atoms. The highest BCUT2D eigenvalue weighted by Crippen LogP contribution is 2.60. The normalized spacial score (nSPS) is 15.2. The largest absolute Gasteiger partial charge is 0.460 e. The van der Waals surface area contributed by atoms with E-state index < -0.39 is 48.8 Å². The van der Waals surface area contributed by atoms with Crippen molar-refractivity contribution in [2.45, 2.75) is 42.2 Å². The first-order valence-corrected chi connectivity index (χ1v) is 5.30. The maximum absolute atomic E-state index is 13.0. The average molecular weight is 389 g/mol. The van der Waals surface area contributed by atoms with Gasteiger partial charge in [0, 0.05) is 6.42 Å². The van der Waals surface area contributed by atoms with Gasteiger partial charge in [-0.15, -0.1) is 0 Å². The van der Waals surface area contributed by atoms with Crippen molar-refractivity contribution in [3.8, 4) is 0 Å². The molecule has 0 aromatic rings. The second kappa shape index (κ2) is 6.08. The van der Waals surface area contributed by atoms with Crippen molar-refractivity contribution in [3.63, 3.8) is 0 Å². The highest BCUT2D eigenvalue weighted by Gasteiger charge is 2.90. The monoisotopic (exact) mass is 389 g/mol. The van der Waals surface area contributed by atoms with Crippen LogP contribution in [-0.2, 0) is 4.79 Å². The molecular formula is C9H4F13NO. The third-order valence-corrected chi connectivity index (χ3v) is 2.60. The average Bonchev–Trinajstić information content (AvgIpc) is 2.36. The van der Waals surface area contributed by atoms with Crippen LogP contribution in [0.4, 0.5) is 57.1 Å². The van der Waals surface area contributed by atoms with Gasteiger partial charge in [0.15, 0.2) is 0 Å². The predicted octanol–water partition coefficient (Wildman–Crippen LogP) is 4.45. The lowest BCUT2D eigenvalue weighted by atomic mass is 9.92. The number of rotatable bonds is 7. The molecule has 0 aromatic heterocycles. The molecule has 0 fully saturated rings. The van der Waals surface area contributed by atoms with Crippen LogP contribution in [0.3, 0.4) is 0 Å². The fourth-order valence-corrected chi connectivity index (χ4v) is 1.20. The van der Waals surface area contributed by atoms with E-state index in [0.717, 1.165) is 0 Å². The van der Waals surface area contributed by atoms with E-state index >= 15 is 0 Å². The summed E-state index contributed by atoms with van der Waals surface area (Å²) in [7, 11) is 0. The first kappa shape index (κ1) is 22.5. The topological polar surface area (TPSA) is 29.4 Å². The summed E-state index contributed by atoms with van der Waals surface area (Å²) in [5.74, 6) is -37.0. The standard InChI is InChI=1S/C9H4F13NO/c10-4(11,1-2-23-3-24)5(12,13)6(14,15)7(16,17)8(18,19)9(20,21)22/h1-2H2. The number of alkyl halides is 13. The van der Waals surface area contributed by atoms with Crippen LogP contribution in [0.15, 0.2) is 4.99 Å². The Kier molecular flexibility index (Phi) is 5.69. The quantitative estimate of drug-likeness (QED) is 0.360. The van der Waals surface area contributed by atoms with Gasteiger partial charge in [-0.05, 0) is 0 Å². The number of isocyanates is 1. The van der Waals surface area contributed by atoms with Gasteiger partial charge in [-0.1, -0.05) is 0 Å². The van der Waals surface area contributed by atoms with E-state index in [4.69, 9.17) is 0 Å². The Labute approximate surface area is 123 Å². The van der Waals surface area contributed by atoms with Crippen LogP contribution in [0.1, 0.15) is 6.42 Å². The Morgan fingerprint density at radius 2 is 1.00 bits per heavy atom. The number of hydrogen-bond donors (Lipinski definition) is 0. The second-order valence-electron chi connectivity index (χ2n) is 4.22. The fourth-order valence-electron chi connectivity index (χ4n) is 1.20. The van der Waals surface area contributed by atoms with Gasteiger partial charge in [0.25, 0.3) is 0 Å². The van der Waals surface area contributed by atoms with E-state index in [1.807, 2.05) is 0 Å². The van der Waals surface area contributed by atoms with Crippen LogP contribution >= 0.6 is 0 Å². The summed E-state index contributed by atoms with van der Waals surface area (Å²) in [5, 5.41) is 0. The molecule has 0 aromatic carbocycles. The first-order valence-electron chi connectivity index (χ1n) is 5.30. The van der Waals surface area contributed by atoms with Gasteiger partial charge in [-0.2, -0.15) is 57.1 Å². The molecule has 0 radical (unpaired) electrons. The van der Waals surface area contributed by atoms with Crippen LogP contribution in [0.25, 0.3) is 0 Å². The predicted molar refractivity (Wildman–Crippen MR) is 48.4 cm³/mol. The zero-order valence-electron chi connectivity index (χ0n) is 10.7. The van der Waals surface area contributed by atoms with E-state index in [9.17, 15) is 61.9 Å². The molecule has 2 nitrogen and oxygen atoms in total. The van der Waals surface area contributed by atoms with E-state index in [0.29, 0.717) is 6.08 Å². The van der Waals surface area contributed by atoms with Gasteiger partial charge in [0.2, 0.25) is 6.08 Å². The Morgan fingerprint density at radius 1 is 0.625 bits per heavy atom. The van der Waals surface area contributed by atoms with E-state index in [2.05, 4.69) is 4.99 Å². The number of nitrogens with zero attached hydrogens (tertiary/aromatic N) is 1. The van der Waals surface area contributed by atoms with Gasteiger partial charge < -0.3 is 0 Å². The third kappa shape index (κ3) is 3.17. The third-order valence-electron chi connectivity index (χ3n) is 2.60. The van der Waals surface area contributed by atoms with Gasteiger partial charge in [-0.25, -0.2) is 9.79 Å². The summed E-state index contributed by atoms with van der Waals surface area (Å²) < 4.78 is 163. The molecule has 0 aliphatic rings. The summed E-state index contributed by atoms with van der Waals surface area (Å²) >= 11 is 0. The van der Waals surface area contributed by atoms with Gasteiger partial charge in [0.05, 0.1) is 6.54 Å². The Balaban J connectivity index is 6.05. The van der Waals surface area contributed by atoms with Crippen molar-refractivity contribution in [1.82, 2.24) is 0 Å². The summed E-state index contributed by atoms with van der Waals surface area (Å²) in [4.78, 5) is 11.7. The molecule has 0 rings (SSSR count). The van der Waals surface area contributed by atoms with Gasteiger partial charge >= 0.3 is 35.8 Å². The van der Waals surface area contributed by atoms with E-state index in [1.54, 1.807) is 0 Å². The molecule has 0 aliphatic heterocycles. The van der Waals surface area contributed by atoms with Crippen molar-refractivity contribution in [3.05, 3.63) is 0 Å². The fraction of sp³-hybridized carbons (Fsp3) is 0.889. The molecule has 0 unspecified atom stereocenters. The van der Waals surface area contributed by atoms with Crippen molar-refractivity contribution in [2.24, 2.45) is 4.99 Å². The van der Waals surface area contributed by atoms with Crippen LogP contribution in [0.5, 0.6) is 0 Å². The molecule has 0 N–H and O–H groups in total. The van der Waals surface area contributed by atoms with Crippen molar-refractivity contribution < 1.29 is 61.9 Å². The highest BCUT2D eigenvalue weighted by molar-refractivity contribution is 5.32. The number of halogens is 13. The first-order chi connectivity index (χ1) is 10.3. The minimum absolute atomic E-state index is 0.497. The zero-order chi connectivity index (χ0) is 19.8. The van der Waals surface area contributed by atoms with Crippen molar-refractivity contribution in [2.75, 3.05) is 6.54 Å². The molecule has 24 heavy (non-hydrogen) atoms. The summed E-state index contributed by atoms with van der Waals surface area (Å²) in [5.41, 5.74) is 0. The molecule has 15 heteroatoms. The summed E-state index contributed by atoms with van der Waals surface area (Å²) in [6.45, 7) is -1.66. The van der Waals surface area contributed by atoms with Crippen molar-refractivity contribution >= 4 is 6.08 Å². The molecule has 0 spiro atoms. The molecule has 0 heterocycles. The van der Waals surface area contributed by atoms with Gasteiger partial charge in [-0.3, -0.25) is 0 Å². The lowest BCUT2D eigenvalue weighted by molar-refractivity contribution is -0.440. The molecule has 0 saturated carbocycles. The summed E-state index contributed by atoms with van der Waals surface area (Å²) in [6.07, 6.45) is -9.47. The molecule has 0 aliphatic carbocycles. The Hall–Kier alpha value is -1.53. The molecule has 0 amide bonds. The van der Waals surface area contributed by atoms with E-state index in [-0.39, 0.29) is 0 Å². The Bertz CT molecular complexity index is 502. The van der Waals surface area contributed by atoms with Crippen LogP contribution in [-0.4, -0.2) is 48.4 Å². The number of aliphatic imine (C=N–C) groups is 1. The zero-order valence-corrected chi connectivity index (χ0v) is 10.7. The molecule has 142 valence electrons. The lowest BCUT2D eigenvalue weighted by Gasteiger charge is -2.39. The minimum atomic E-state index is -7.92. The maximum atomic E-state index is 13.0. The van der Waals surface area contributed by atoms with Gasteiger partial charge in [0.1, 0.15) is 0 Å². The number of hydrogen-bond acceptors (Lipinski definition) is 2. The van der Waals surface area contributed by atoms with Crippen LogP contribution in [0.2, 0.25) is 0 Å². The van der Waals surface area contributed by atoms with Crippen LogP contribution in [0, 0.1) is 0 Å². The molecule has 0 atom stereocenters. The Morgan fingerprint density at radius 3 is 1.33 bits per heavy atom. The number of carbonyl (C=O) groups excluding carboxylic acids is 1. The highest BCUT2D eigenvalue weighted by atomic mass is 19.4. The van der Waals surface area contributed by atoms with Crippen LogP contribution < -0.4 is 0 Å². The van der Waals surface area contributed by atoms with Crippen molar-refractivity contribution in [1.29, 1.82) is 0 Å². The summed E-state index contributed by atoms with van der Waals surface area (Å²) in [6, 6.07) is 0.